The smallest absolute Gasteiger partial charge is 0.194 e. The number of aryl methyl sites for hydroxylation is 2. The molecule has 0 aromatic carbocycles. The van der Waals surface area contributed by atoms with E-state index in [1.54, 1.807) is 7.05 Å². The molecule has 2 aromatic heterocycles. The molecule has 0 aliphatic heterocycles. The normalized spacial score (nSPS) is 11.7. The molecule has 2 N–H and O–H groups in total. The van der Waals surface area contributed by atoms with Crippen LogP contribution in [0.25, 0.3) is 0 Å². The molecule has 0 aliphatic carbocycles. The van der Waals surface area contributed by atoms with E-state index in [4.69, 9.17) is 0 Å². The Balaban J connectivity index is 1.95. The van der Waals surface area contributed by atoms with Crippen LogP contribution in [0.1, 0.15) is 17.0 Å². The number of aromatic nitrogens is 3. The average molecular weight is 274 g/mol. The zero-order valence-electron chi connectivity index (χ0n) is 12.5. The molecular weight excluding hydrogens is 252 g/mol. The molecule has 0 saturated heterocycles. The average Bonchev–Trinajstić information content (AvgIpc) is 3.00. The topological polar surface area (TPSA) is 61.2 Å². The Morgan fingerprint density at radius 3 is 2.90 bits per heavy atom. The summed E-state index contributed by atoms with van der Waals surface area (Å²) < 4.78 is 2.12. The highest BCUT2D eigenvalue weighted by Gasteiger charge is 2.09. The van der Waals surface area contributed by atoms with Gasteiger partial charge < -0.3 is 14.8 Å². The SMILES string of the molecule is CN=C(NCc1cn[nH]c1C)N(C)Cc1cccn1C. The second kappa shape index (κ2) is 6.27. The molecule has 0 unspecified atom stereocenters. The minimum atomic E-state index is 0.715. The summed E-state index contributed by atoms with van der Waals surface area (Å²) >= 11 is 0. The molecule has 108 valence electrons. The third-order valence-corrected chi connectivity index (χ3v) is 3.40. The van der Waals surface area contributed by atoms with Crippen molar-refractivity contribution in [1.29, 1.82) is 0 Å². The minimum absolute atomic E-state index is 0.715. The summed E-state index contributed by atoms with van der Waals surface area (Å²) in [5.74, 6) is 0.867. The van der Waals surface area contributed by atoms with E-state index in [9.17, 15) is 0 Å². The van der Waals surface area contributed by atoms with Gasteiger partial charge in [-0.15, -0.1) is 0 Å². The molecule has 0 aliphatic rings. The Kier molecular flexibility index (Phi) is 4.45. The molecule has 0 spiro atoms. The van der Waals surface area contributed by atoms with Crippen molar-refractivity contribution >= 4 is 5.96 Å². The van der Waals surface area contributed by atoms with Gasteiger partial charge in [-0.05, 0) is 19.1 Å². The lowest BCUT2D eigenvalue weighted by Gasteiger charge is -2.22. The fraction of sp³-hybridized carbons (Fsp3) is 0.429. The number of hydrogen-bond donors (Lipinski definition) is 2. The highest BCUT2D eigenvalue weighted by Crippen LogP contribution is 2.05. The molecule has 2 aromatic rings. The molecule has 0 saturated carbocycles. The maximum atomic E-state index is 4.32. The second-order valence-electron chi connectivity index (χ2n) is 4.89. The third kappa shape index (κ3) is 3.20. The van der Waals surface area contributed by atoms with Crippen LogP contribution in [-0.4, -0.2) is 39.7 Å². The van der Waals surface area contributed by atoms with Gasteiger partial charge in [0.05, 0.1) is 12.7 Å². The van der Waals surface area contributed by atoms with Gasteiger partial charge in [0.2, 0.25) is 0 Å². The van der Waals surface area contributed by atoms with E-state index in [-0.39, 0.29) is 0 Å². The quantitative estimate of drug-likeness (QED) is 0.652. The first kappa shape index (κ1) is 14.2. The molecule has 20 heavy (non-hydrogen) atoms. The van der Waals surface area contributed by atoms with Crippen molar-refractivity contribution in [3.63, 3.8) is 0 Å². The van der Waals surface area contributed by atoms with Crippen LogP contribution in [0.4, 0.5) is 0 Å². The van der Waals surface area contributed by atoms with Crippen LogP contribution in [0.3, 0.4) is 0 Å². The van der Waals surface area contributed by atoms with Crippen molar-refractivity contribution in [2.45, 2.75) is 20.0 Å². The van der Waals surface area contributed by atoms with E-state index < -0.39 is 0 Å². The van der Waals surface area contributed by atoms with Crippen LogP contribution in [0.15, 0.2) is 29.5 Å². The number of aliphatic imine (C=N–C) groups is 1. The van der Waals surface area contributed by atoms with Crippen LogP contribution >= 0.6 is 0 Å². The van der Waals surface area contributed by atoms with E-state index in [1.807, 2.05) is 39.5 Å². The lowest BCUT2D eigenvalue weighted by Crippen LogP contribution is -2.38. The molecular formula is C14H22N6. The highest BCUT2D eigenvalue weighted by atomic mass is 15.3. The zero-order chi connectivity index (χ0) is 14.5. The molecule has 0 bridgehead atoms. The summed E-state index contributed by atoms with van der Waals surface area (Å²) in [6.07, 6.45) is 3.89. The van der Waals surface area contributed by atoms with Gasteiger partial charge in [0, 0.05) is 50.8 Å². The fourth-order valence-corrected chi connectivity index (χ4v) is 2.09. The summed E-state index contributed by atoms with van der Waals surface area (Å²) in [7, 11) is 5.88. The Morgan fingerprint density at radius 2 is 2.35 bits per heavy atom. The first-order valence-corrected chi connectivity index (χ1v) is 6.62. The molecule has 0 atom stereocenters. The summed E-state index contributed by atoms with van der Waals surface area (Å²) in [5, 5.41) is 10.3. The third-order valence-electron chi connectivity index (χ3n) is 3.40. The van der Waals surface area contributed by atoms with E-state index in [0.717, 1.165) is 23.8 Å². The maximum absolute atomic E-state index is 4.32. The molecule has 6 nitrogen and oxygen atoms in total. The summed E-state index contributed by atoms with van der Waals surface area (Å²) in [5.41, 5.74) is 3.48. The van der Waals surface area contributed by atoms with E-state index in [0.29, 0.717) is 6.54 Å². The Bertz CT molecular complexity index is 580. The second-order valence-corrected chi connectivity index (χ2v) is 4.89. The maximum Gasteiger partial charge on any atom is 0.194 e. The van der Waals surface area contributed by atoms with Gasteiger partial charge in [-0.1, -0.05) is 0 Å². The first-order chi connectivity index (χ1) is 9.61. The molecule has 6 heteroatoms. The predicted octanol–water partition coefficient (Wildman–Crippen LogP) is 1.26. The molecule has 0 fully saturated rings. The van der Waals surface area contributed by atoms with Crippen LogP contribution < -0.4 is 5.32 Å². The number of guanidine groups is 1. The van der Waals surface area contributed by atoms with Gasteiger partial charge in [-0.2, -0.15) is 5.10 Å². The first-order valence-electron chi connectivity index (χ1n) is 6.62. The number of aromatic amines is 1. The van der Waals surface area contributed by atoms with E-state index >= 15 is 0 Å². The number of H-pyrrole nitrogens is 1. The van der Waals surface area contributed by atoms with Gasteiger partial charge >= 0.3 is 0 Å². The Morgan fingerprint density at radius 1 is 1.55 bits per heavy atom. The van der Waals surface area contributed by atoms with Gasteiger partial charge in [-0.3, -0.25) is 10.1 Å². The van der Waals surface area contributed by atoms with Crippen molar-refractivity contribution < 1.29 is 0 Å². The monoisotopic (exact) mass is 274 g/mol. The number of rotatable bonds is 4. The van der Waals surface area contributed by atoms with E-state index in [1.165, 1.54) is 5.69 Å². The summed E-state index contributed by atoms with van der Waals surface area (Å²) in [4.78, 5) is 6.42. The molecule has 2 heterocycles. The molecule has 2 rings (SSSR count). The zero-order valence-corrected chi connectivity index (χ0v) is 12.5. The number of hydrogen-bond acceptors (Lipinski definition) is 2. The largest absolute Gasteiger partial charge is 0.353 e. The van der Waals surface area contributed by atoms with Crippen LogP contribution in [0, 0.1) is 6.92 Å². The van der Waals surface area contributed by atoms with Gasteiger partial charge in [-0.25, -0.2) is 0 Å². The van der Waals surface area contributed by atoms with Crippen LogP contribution in [0.2, 0.25) is 0 Å². The van der Waals surface area contributed by atoms with Gasteiger partial charge in [0.25, 0.3) is 0 Å². The van der Waals surface area contributed by atoms with Crippen molar-refractivity contribution in [1.82, 2.24) is 25.0 Å². The minimum Gasteiger partial charge on any atom is -0.353 e. The summed E-state index contributed by atoms with van der Waals surface area (Å²) in [6, 6.07) is 4.16. The van der Waals surface area contributed by atoms with Crippen LogP contribution in [-0.2, 0) is 20.1 Å². The summed E-state index contributed by atoms with van der Waals surface area (Å²) in [6.45, 7) is 3.54. The highest BCUT2D eigenvalue weighted by molar-refractivity contribution is 5.79. The standard InChI is InChI=1S/C14H22N6/c1-11-12(9-17-18-11)8-16-14(15-2)20(4)10-13-6-5-7-19(13)3/h5-7,9H,8,10H2,1-4H3,(H,15,16)(H,17,18). The van der Waals surface area contributed by atoms with Crippen molar-refractivity contribution in [2.75, 3.05) is 14.1 Å². The molecule has 0 radical (unpaired) electrons. The number of nitrogens with one attached hydrogen (secondary N) is 2. The lowest BCUT2D eigenvalue weighted by molar-refractivity contribution is 0.461. The van der Waals surface area contributed by atoms with E-state index in [2.05, 4.69) is 36.0 Å². The van der Waals surface area contributed by atoms with Crippen molar-refractivity contribution in [2.24, 2.45) is 12.0 Å². The number of nitrogens with zero attached hydrogens (tertiary/aromatic N) is 4. The molecule has 0 amide bonds. The van der Waals surface area contributed by atoms with Crippen molar-refractivity contribution in [3.8, 4) is 0 Å². The van der Waals surface area contributed by atoms with Gasteiger partial charge in [0.15, 0.2) is 5.96 Å². The predicted molar refractivity (Wildman–Crippen MR) is 80.4 cm³/mol. The van der Waals surface area contributed by atoms with Crippen molar-refractivity contribution in [3.05, 3.63) is 41.5 Å². The van der Waals surface area contributed by atoms with Gasteiger partial charge in [0.1, 0.15) is 0 Å². The Hall–Kier alpha value is -2.24. The Labute approximate surface area is 119 Å². The van der Waals surface area contributed by atoms with Crippen LogP contribution in [0.5, 0.6) is 0 Å². The fourth-order valence-electron chi connectivity index (χ4n) is 2.09. The lowest BCUT2D eigenvalue weighted by atomic mass is 10.3.